The van der Waals surface area contributed by atoms with E-state index in [9.17, 15) is 10.5 Å². The first-order valence-corrected chi connectivity index (χ1v) is 6.45. The molecule has 0 saturated carbocycles. The van der Waals surface area contributed by atoms with Crippen LogP contribution in [0.2, 0.25) is 0 Å². The lowest BCUT2D eigenvalue weighted by Gasteiger charge is -2.06. The molecule has 1 atom stereocenters. The summed E-state index contributed by atoms with van der Waals surface area (Å²) in [5, 5.41) is 18.5. The van der Waals surface area contributed by atoms with Crippen molar-refractivity contribution in [2.24, 2.45) is 0 Å². The maximum Gasteiger partial charge on any atom is 0.0994 e. The summed E-state index contributed by atoms with van der Waals surface area (Å²) in [6, 6.07) is 23.7. The van der Waals surface area contributed by atoms with E-state index in [2.05, 4.69) is 12.1 Å². The van der Waals surface area contributed by atoms with Crippen LogP contribution in [0.3, 0.4) is 0 Å². The van der Waals surface area contributed by atoms with E-state index in [0.29, 0.717) is 12.0 Å². The average Bonchev–Trinajstić information content (AvgIpc) is 2.53. The Hall–Kier alpha value is -2.84. The van der Waals surface area contributed by atoms with Gasteiger partial charge in [-0.15, -0.1) is 0 Å². The predicted molar refractivity (Wildman–Crippen MR) is 79.4 cm³/mol. The van der Waals surface area contributed by atoms with Gasteiger partial charge in [-0.05, 0) is 17.5 Å². The highest BCUT2D eigenvalue weighted by Crippen LogP contribution is 2.22. The molecule has 0 N–H and O–H groups in total. The van der Waals surface area contributed by atoms with E-state index >= 15 is 0 Å². The van der Waals surface area contributed by atoms with Gasteiger partial charge in [-0.25, -0.2) is 0 Å². The summed E-state index contributed by atoms with van der Waals surface area (Å²) >= 11 is 0. The summed E-state index contributed by atoms with van der Waals surface area (Å²) in [7, 11) is 0. The fourth-order valence-corrected chi connectivity index (χ4v) is 2.03. The monoisotopic (exact) mass is 258 g/mol. The van der Waals surface area contributed by atoms with E-state index in [-0.39, 0.29) is 5.92 Å². The molecule has 0 aromatic heterocycles. The molecule has 0 heterocycles. The van der Waals surface area contributed by atoms with Gasteiger partial charge in [0.15, 0.2) is 0 Å². The lowest BCUT2D eigenvalue weighted by molar-refractivity contribution is 0.879. The van der Waals surface area contributed by atoms with Crippen molar-refractivity contribution in [3.8, 4) is 12.1 Å². The van der Waals surface area contributed by atoms with Crippen LogP contribution in [0, 0.1) is 22.7 Å². The van der Waals surface area contributed by atoms with E-state index in [1.807, 2.05) is 66.7 Å². The number of nitrogens with zero attached hydrogens (tertiary/aromatic N) is 2. The molecule has 0 fully saturated rings. The van der Waals surface area contributed by atoms with Gasteiger partial charge in [-0.1, -0.05) is 66.7 Å². The molecule has 96 valence electrons. The molecule has 2 heteroatoms. The van der Waals surface area contributed by atoms with Crippen molar-refractivity contribution in [2.45, 2.75) is 12.3 Å². The summed E-state index contributed by atoms with van der Waals surface area (Å²) in [4.78, 5) is 0. The second-order valence-electron chi connectivity index (χ2n) is 4.42. The lowest BCUT2D eigenvalue weighted by Crippen LogP contribution is -1.94. The highest BCUT2D eigenvalue weighted by Gasteiger charge is 2.09. The Morgan fingerprint density at radius 2 is 1.55 bits per heavy atom. The van der Waals surface area contributed by atoms with Crippen LogP contribution in [0.4, 0.5) is 0 Å². The SMILES string of the molecule is N#CC(=CCC(C#N)c1ccccc1)c1ccccc1. The Kier molecular flexibility index (Phi) is 4.70. The third-order valence-electron chi connectivity index (χ3n) is 3.12. The highest BCUT2D eigenvalue weighted by atomic mass is 14.3. The first-order valence-electron chi connectivity index (χ1n) is 6.45. The van der Waals surface area contributed by atoms with Gasteiger partial charge < -0.3 is 0 Å². The summed E-state index contributed by atoms with van der Waals surface area (Å²) in [6.45, 7) is 0. The standard InChI is InChI=1S/C18H14N2/c19-13-17(15-7-3-1-4-8-15)11-12-18(14-20)16-9-5-2-6-10-16/h1-11,18H,12H2. The zero-order valence-corrected chi connectivity index (χ0v) is 11.0. The molecule has 1 unspecified atom stereocenters. The summed E-state index contributed by atoms with van der Waals surface area (Å²) < 4.78 is 0. The van der Waals surface area contributed by atoms with Crippen molar-refractivity contribution in [3.05, 3.63) is 77.9 Å². The molecule has 2 aromatic rings. The molecule has 0 aliphatic rings. The molecule has 20 heavy (non-hydrogen) atoms. The van der Waals surface area contributed by atoms with Crippen molar-refractivity contribution in [1.29, 1.82) is 10.5 Å². The number of rotatable bonds is 4. The molecule has 0 aliphatic carbocycles. The van der Waals surface area contributed by atoms with E-state index in [1.54, 1.807) is 0 Å². The second-order valence-corrected chi connectivity index (χ2v) is 4.42. The quantitative estimate of drug-likeness (QED) is 0.768. The topological polar surface area (TPSA) is 47.6 Å². The third-order valence-corrected chi connectivity index (χ3v) is 3.12. The van der Waals surface area contributed by atoms with Gasteiger partial charge in [0.2, 0.25) is 0 Å². The fraction of sp³-hybridized carbons (Fsp3) is 0.111. The molecule has 2 aromatic carbocycles. The molecule has 0 amide bonds. The van der Waals surface area contributed by atoms with Crippen molar-refractivity contribution in [2.75, 3.05) is 0 Å². The minimum Gasteiger partial charge on any atom is -0.198 e. The number of hydrogen-bond donors (Lipinski definition) is 0. The first-order chi connectivity index (χ1) is 9.85. The smallest absolute Gasteiger partial charge is 0.0994 e. The zero-order chi connectivity index (χ0) is 14.2. The molecule has 2 nitrogen and oxygen atoms in total. The summed E-state index contributed by atoms with van der Waals surface area (Å²) in [5.74, 6) is -0.219. The molecule has 2 rings (SSSR count). The van der Waals surface area contributed by atoms with Gasteiger partial charge in [0.05, 0.1) is 23.6 Å². The van der Waals surface area contributed by atoms with E-state index in [1.165, 1.54) is 0 Å². The predicted octanol–water partition coefficient (Wildman–Crippen LogP) is 4.29. The number of hydrogen-bond acceptors (Lipinski definition) is 2. The van der Waals surface area contributed by atoms with Crippen LogP contribution in [-0.2, 0) is 0 Å². The van der Waals surface area contributed by atoms with Gasteiger partial charge in [-0.2, -0.15) is 10.5 Å². The Morgan fingerprint density at radius 1 is 0.950 bits per heavy atom. The minimum absolute atomic E-state index is 0.219. The van der Waals surface area contributed by atoms with Gasteiger partial charge >= 0.3 is 0 Å². The Balaban J connectivity index is 2.19. The van der Waals surface area contributed by atoms with Crippen LogP contribution in [0.15, 0.2) is 66.7 Å². The fourth-order valence-electron chi connectivity index (χ4n) is 2.03. The van der Waals surface area contributed by atoms with Crippen molar-refractivity contribution >= 4 is 5.57 Å². The maximum absolute atomic E-state index is 9.27. The molecule has 0 saturated heterocycles. The summed E-state index contributed by atoms with van der Waals surface area (Å²) in [5.41, 5.74) is 2.48. The van der Waals surface area contributed by atoms with Crippen molar-refractivity contribution in [1.82, 2.24) is 0 Å². The third kappa shape index (κ3) is 3.34. The van der Waals surface area contributed by atoms with Crippen LogP contribution >= 0.6 is 0 Å². The summed E-state index contributed by atoms with van der Waals surface area (Å²) in [6.07, 6.45) is 2.38. The zero-order valence-electron chi connectivity index (χ0n) is 11.0. The molecule has 0 radical (unpaired) electrons. The van der Waals surface area contributed by atoms with Gasteiger partial charge in [0.1, 0.15) is 0 Å². The van der Waals surface area contributed by atoms with E-state index in [4.69, 9.17) is 0 Å². The second kappa shape index (κ2) is 6.92. The first kappa shape index (κ1) is 13.6. The lowest BCUT2D eigenvalue weighted by atomic mass is 9.95. The number of benzene rings is 2. The molecule has 0 spiro atoms. The van der Waals surface area contributed by atoms with Crippen LogP contribution in [0.1, 0.15) is 23.5 Å². The minimum atomic E-state index is -0.219. The Bertz CT molecular complexity index is 658. The normalized spacial score (nSPS) is 12.2. The molecule has 0 aliphatic heterocycles. The molecular formula is C18H14N2. The number of allylic oxidation sites excluding steroid dienone is 2. The van der Waals surface area contributed by atoms with E-state index in [0.717, 1.165) is 11.1 Å². The number of nitriles is 2. The largest absolute Gasteiger partial charge is 0.198 e. The molecular weight excluding hydrogens is 244 g/mol. The Morgan fingerprint density at radius 3 is 2.10 bits per heavy atom. The van der Waals surface area contributed by atoms with Crippen LogP contribution < -0.4 is 0 Å². The van der Waals surface area contributed by atoms with E-state index < -0.39 is 0 Å². The highest BCUT2D eigenvalue weighted by molar-refractivity contribution is 5.76. The average molecular weight is 258 g/mol. The Labute approximate surface area is 119 Å². The van der Waals surface area contributed by atoms with Crippen LogP contribution in [0.25, 0.3) is 5.57 Å². The van der Waals surface area contributed by atoms with Crippen LogP contribution in [-0.4, -0.2) is 0 Å². The maximum atomic E-state index is 9.27. The van der Waals surface area contributed by atoms with Gasteiger partial charge in [-0.3, -0.25) is 0 Å². The van der Waals surface area contributed by atoms with Crippen molar-refractivity contribution < 1.29 is 0 Å². The van der Waals surface area contributed by atoms with Crippen LogP contribution in [0.5, 0.6) is 0 Å². The van der Waals surface area contributed by atoms with Gasteiger partial charge in [0.25, 0.3) is 0 Å². The van der Waals surface area contributed by atoms with Crippen molar-refractivity contribution in [3.63, 3.8) is 0 Å². The molecule has 0 bridgehead atoms. The van der Waals surface area contributed by atoms with Gasteiger partial charge in [0, 0.05) is 0 Å².